The largest absolute Gasteiger partial charge is 0.496 e. The van der Waals surface area contributed by atoms with Gasteiger partial charge >= 0.3 is 6.09 Å². The van der Waals surface area contributed by atoms with Crippen LogP contribution < -0.4 is 10.1 Å². The summed E-state index contributed by atoms with van der Waals surface area (Å²) in [5, 5.41) is 22.6. The summed E-state index contributed by atoms with van der Waals surface area (Å²) in [6.07, 6.45) is -3.07. The third kappa shape index (κ3) is 6.42. The van der Waals surface area contributed by atoms with Crippen LogP contribution in [0.5, 0.6) is 5.75 Å². The monoisotopic (exact) mass is 329 g/mol. The summed E-state index contributed by atoms with van der Waals surface area (Å²) in [7, 11) is 1.39. The van der Waals surface area contributed by atoms with Crippen LogP contribution in [0.15, 0.2) is 18.2 Å². The van der Waals surface area contributed by atoms with Crippen molar-refractivity contribution in [1.82, 2.24) is 5.32 Å². The Morgan fingerprint density at radius 2 is 2.00 bits per heavy atom. The topological polar surface area (TPSA) is 88.0 Å². The number of hydrogen-bond donors (Lipinski definition) is 3. The Labute approximate surface area is 135 Å². The lowest BCUT2D eigenvalue weighted by molar-refractivity contribution is 0.0109. The van der Waals surface area contributed by atoms with Crippen LogP contribution in [0.25, 0.3) is 0 Å². The van der Waals surface area contributed by atoms with Gasteiger partial charge in [0.2, 0.25) is 0 Å². The number of methoxy groups -OCH3 is 1. The number of nitrogens with one attached hydrogen (secondary N) is 1. The summed E-state index contributed by atoms with van der Waals surface area (Å²) in [5.74, 6) is -0.267. The molecular formula is C16H24FNO5. The van der Waals surface area contributed by atoms with Gasteiger partial charge in [-0.3, -0.25) is 0 Å². The SMILES string of the molecule is COc1ccc(F)cc1C(O)C(O)CCNC(=O)OC(C)(C)C. The molecule has 0 aliphatic heterocycles. The predicted octanol–water partition coefficient (Wildman–Crippen LogP) is 2.14. The van der Waals surface area contributed by atoms with E-state index in [4.69, 9.17) is 9.47 Å². The van der Waals surface area contributed by atoms with E-state index in [0.717, 1.165) is 6.07 Å². The quantitative estimate of drug-likeness (QED) is 0.744. The van der Waals surface area contributed by atoms with Gasteiger partial charge in [-0.2, -0.15) is 0 Å². The van der Waals surface area contributed by atoms with Gasteiger partial charge in [-0.05, 0) is 45.4 Å². The first-order chi connectivity index (χ1) is 10.6. The van der Waals surface area contributed by atoms with Crippen LogP contribution in [0.4, 0.5) is 9.18 Å². The molecule has 3 N–H and O–H groups in total. The van der Waals surface area contributed by atoms with Crippen molar-refractivity contribution in [2.45, 2.75) is 45.0 Å². The summed E-state index contributed by atoms with van der Waals surface area (Å²) in [4.78, 5) is 11.5. The number of amides is 1. The standard InChI is InChI=1S/C16H24FNO5/c1-16(2,3)23-15(21)18-8-7-12(19)14(20)11-9-10(17)5-6-13(11)22-4/h5-6,9,12,14,19-20H,7-8H2,1-4H3,(H,18,21). The molecule has 1 rings (SSSR count). The van der Waals surface area contributed by atoms with Crippen LogP contribution in [0, 0.1) is 5.82 Å². The molecule has 6 nitrogen and oxygen atoms in total. The number of aliphatic hydroxyl groups excluding tert-OH is 2. The fourth-order valence-corrected chi connectivity index (χ4v) is 1.94. The van der Waals surface area contributed by atoms with E-state index in [9.17, 15) is 19.4 Å². The first kappa shape index (κ1) is 19.2. The summed E-state index contributed by atoms with van der Waals surface area (Å²) in [6.45, 7) is 5.31. The molecule has 2 unspecified atom stereocenters. The van der Waals surface area contributed by atoms with E-state index in [1.165, 1.54) is 19.2 Å². The number of carbonyl (C=O) groups excluding carboxylic acids is 1. The Bertz CT molecular complexity index is 530. The van der Waals surface area contributed by atoms with Gasteiger partial charge in [-0.15, -0.1) is 0 Å². The third-order valence-corrected chi connectivity index (χ3v) is 2.98. The second-order valence-electron chi connectivity index (χ2n) is 6.12. The van der Waals surface area contributed by atoms with Crippen LogP contribution in [0.1, 0.15) is 38.9 Å². The number of hydrogen-bond acceptors (Lipinski definition) is 5. The van der Waals surface area contributed by atoms with Crippen molar-refractivity contribution in [2.24, 2.45) is 0 Å². The number of rotatable bonds is 6. The number of halogens is 1. The van der Waals surface area contributed by atoms with Gasteiger partial charge in [0.15, 0.2) is 0 Å². The van der Waals surface area contributed by atoms with Gasteiger partial charge in [0.25, 0.3) is 0 Å². The molecule has 0 fully saturated rings. The number of carbonyl (C=O) groups is 1. The highest BCUT2D eigenvalue weighted by Crippen LogP contribution is 2.28. The highest BCUT2D eigenvalue weighted by molar-refractivity contribution is 5.67. The van der Waals surface area contributed by atoms with Crippen molar-refractivity contribution in [2.75, 3.05) is 13.7 Å². The van der Waals surface area contributed by atoms with Crippen molar-refractivity contribution < 1.29 is 28.9 Å². The summed E-state index contributed by atoms with van der Waals surface area (Å²) >= 11 is 0. The second-order valence-corrected chi connectivity index (χ2v) is 6.12. The Hall–Kier alpha value is -1.86. The van der Waals surface area contributed by atoms with Gasteiger partial charge < -0.3 is 25.0 Å². The van der Waals surface area contributed by atoms with E-state index in [1.54, 1.807) is 20.8 Å². The zero-order chi connectivity index (χ0) is 17.6. The lowest BCUT2D eigenvalue weighted by Gasteiger charge is -2.22. The van der Waals surface area contributed by atoms with E-state index in [-0.39, 0.29) is 24.3 Å². The van der Waals surface area contributed by atoms with Crippen LogP contribution in [0.2, 0.25) is 0 Å². The smallest absolute Gasteiger partial charge is 0.407 e. The third-order valence-electron chi connectivity index (χ3n) is 2.98. The van der Waals surface area contributed by atoms with E-state index < -0.39 is 29.7 Å². The molecule has 0 saturated heterocycles. The molecule has 0 heterocycles. The maximum atomic E-state index is 13.3. The normalized spacial score (nSPS) is 14.0. The molecule has 130 valence electrons. The molecule has 7 heteroatoms. The maximum Gasteiger partial charge on any atom is 0.407 e. The average molecular weight is 329 g/mol. The second kappa shape index (κ2) is 8.12. The molecule has 23 heavy (non-hydrogen) atoms. The zero-order valence-electron chi connectivity index (χ0n) is 13.8. The first-order valence-corrected chi connectivity index (χ1v) is 7.30. The number of benzene rings is 1. The fourth-order valence-electron chi connectivity index (χ4n) is 1.94. The van der Waals surface area contributed by atoms with Gasteiger partial charge in [0.05, 0.1) is 13.2 Å². The molecular weight excluding hydrogens is 305 g/mol. The summed E-state index contributed by atoms with van der Waals surface area (Å²) < 4.78 is 23.4. The molecule has 0 aliphatic rings. The fraction of sp³-hybridized carbons (Fsp3) is 0.562. The van der Waals surface area contributed by atoms with Crippen LogP contribution in [-0.2, 0) is 4.74 Å². The van der Waals surface area contributed by atoms with E-state index >= 15 is 0 Å². The Morgan fingerprint density at radius 3 is 2.57 bits per heavy atom. The Balaban J connectivity index is 2.56. The molecule has 2 atom stereocenters. The number of ether oxygens (including phenoxy) is 2. The summed E-state index contributed by atoms with van der Waals surface area (Å²) in [6, 6.07) is 3.68. The van der Waals surface area contributed by atoms with Crippen LogP contribution in [-0.4, -0.2) is 41.7 Å². The molecule has 1 aromatic carbocycles. The van der Waals surface area contributed by atoms with Crippen molar-refractivity contribution >= 4 is 6.09 Å². The van der Waals surface area contributed by atoms with Crippen molar-refractivity contribution in [3.8, 4) is 5.75 Å². The zero-order valence-corrected chi connectivity index (χ0v) is 13.8. The van der Waals surface area contributed by atoms with E-state index in [2.05, 4.69) is 5.32 Å². The molecule has 1 amide bonds. The summed E-state index contributed by atoms with van der Waals surface area (Å²) in [5.41, 5.74) is -0.464. The van der Waals surface area contributed by atoms with Crippen molar-refractivity contribution in [3.05, 3.63) is 29.6 Å². The van der Waals surface area contributed by atoms with Crippen LogP contribution in [0.3, 0.4) is 0 Å². The minimum absolute atomic E-state index is 0.0695. The Morgan fingerprint density at radius 1 is 1.35 bits per heavy atom. The van der Waals surface area contributed by atoms with Gasteiger partial charge in [0.1, 0.15) is 23.3 Å². The molecule has 0 aliphatic carbocycles. The molecule has 0 saturated carbocycles. The first-order valence-electron chi connectivity index (χ1n) is 7.30. The number of alkyl carbamates (subject to hydrolysis) is 1. The lowest BCUT2D eigenvalue weighted by atomic mass is 10.0. The lowest BCUT2D eigenvalue weighted by Crippen LogP contribution is -2.34. The highest BCUT2D eigenvalue weighted by atomic mass is 19.1. The van der Waals surface area contributed by atoms with E-state index in [1.807, 2.05) is 0 Å². The predicted molar refractivity (Wildman–Crippen MR) is 82.8 cm³/mol. The highest BCUT2D eigenvalue weighted by Gasteiger charge is 2.23. The minimum Gasteiger partial charge on any atom is -0.496 e. The van der Waals surface area contributed by atoms with Gasteiger partial charge in [-0.25, -0.2) is 9.18 Å². The van der Waals surface area contributed by atoms with Crippen molar-refractivity contribution in [1.29, 1.82) is 0 Å². The Kier molecular flexibility index (Phi) is 6.78. The minimum atomic E-state index is -1.33. The van der Waals surface area contributed by atoms with E-state index in [0.29, 0.717) is 0 Å². The number of aliphatic hydroxyl groups is 2. The molecule has 0 bridgehead atoms. The van der Waals surface area contributed by atoms with Crippen LogP contribution >= 0.6 is 0 Å². The van der Waals surface area contributed by atoms with Crippen molar-refractivity contribution in [3.63, 3.8) is 0 Å². The molecule has 1 aromatic rings. The van der Waals surface area contributed by atoms with Gasteiger partial charge in [-0.1, -0.05) is 0 Å². The molecule has 0 radical (unpaired) electrons. The maximum absolute atomic E-state index is 13.3. The molecule has 0 spiro atoms. The average Bonchev–Trinajstić information content (AvgIpc) is 2.44. The molecule has 0 aromatic heterocycles. The van der Waals surface area contributed by atoms with Gasteiger partial charge in [0, 0.05) is 12.1 Å².